The van der Waals surface area contributed by atoms with Crippen molar-refractivity contribution in [2.45, 2.75) is 11.7 Å². The van der Waals surface area contributed by atoms with Crippen LogP contribution in [0.2, 0.25) is 5.02 Å². The van der Waals surface area contributed by atoms with E-state index in [-0.39, 0.29) is 0 Å². The van der Waals surface area contributed by atoms with Crippen molar-refractivity contribution >= 4 is 29.2 Å². The van der Waals surface area contributed by atoms with E-state index in [0.29, 0.717) is 16.3 Å². The number of benzene rings is 1. The van der Waals surface area contributed by atoms with Gasteiger partial charge >= 0.3 is 5.97 Å². The molecule has 2 aliphatic rings. The van der Waals surface area contributed by atoms with Crippen molar-refractivity contribution in [3.8, 4) is 0 Å². The van der Waals surface area contributed by atoms with Crippen LogP contribution in [0.1, 0.15) is 5.56 Å². The molecule has 1 aromatic rings. The molecule has 0 spiro atoms. The van der Waals surface area contributed by atoms with Gasteiger partial charge < -0.3 is 15.2 Å². The number of aliphatic hydroxyl groups is 1. The molecule has 6 heteroatoms. The van der Waals surface area contributed by atoms with Crippen LogP contribution in [-0.4, -0.2) is 23.1 Å². The Morgan fingerprint density at radius 3 is 2.83 bits per heavy atom. The summed E-state index contributed by atoms with van der Waals surface area (Å²) in [6.45, 7) is 0. The monoisotopic (exact) mass is 265 g/mol. The number of halogens is 1. The number of rotatable bonds is 1. The van der Waals surface area contributed by atoms with E-state index in [1.54, 1.807) is 12.1 Å². The van der Waals surface area contributed by atoms with Gasteiger partial charge in [0.15, 0.2) is 6.10 Å². The average Bonchev–Trinajstić information content (AvgIpc) is 2.86. The Morgan fingerprint density at radius 2 is 2.17 bits per heavy atom. The minimum Gasteiger partial charge on any atom is -0.451 e. The minimum atomic E-state index is -1.93. The normalized spacial score (nSPS) is 29.1. The molecule has 3 rings (SSSR count). The summed E-state index contributed by atoms with van der Waals surface area (Å²) in [7, 11) is 0. The predicted molar refractivity (Wildman–Crippen MR) is 63.0 cm³/mol. The lowest BCUT2D eigenvalue weighted by Gasteiger charge is -2.25. The number of hydrogen-bond donors (Lipinski definition) is 2. The maximum absolute atomic E-state index is 11.9. The van der Waals surface area contributed by atoms with E-state index < -0.39 is 23.6 Å². The van der Waals surface area contributed by atoms with E-state index in [1.165, 1.54) is 18.2 Å². The largest absolute Gasteiger partial charge is 0.451 e. The lowest BCUT2D eigenvalue weighted by molar-refractivity contribution is -0.158. The molecule has 2 heterocycles. The number of carbonyl (C=O) groups is 2. The van der Waals surface area contributed by atoms with Gasteiger partial charge in [0, 0.05) is 22.3 Å². The molecular weight excluding hydrogens is 258 g/mol. The van der Waals surface area contributed by atoms with Crippen LogP contribution < -0.4 is 5.32 Å². The summed E-state index contributed by atoms with van der Waals surface area (Å²) >= 11 is 5.86. The Labute approximate surface area is 107 Å². The van der Waals surface area contributed by atoms with Crippen LogP contribution in [0.5, 0.6) is 0 Å². The van der Waals surface area contributed by atoms with Crippen molar-refractivity contribution in [1.29, 1.82) is 0 Å². The number of carbonyl (C=O) groups excluding carboxylic acids is 2. The van der Waals surface area contributed by atoms with Crippen molar-refractivity contribution in [2.75, 3.05) is 5.32 Å². The van der Waals surface area contributed by atoms with Gasteiger partial charge in [-0.2, -0.15) is 0 Å². The second-order valence-corrected chi connectivity index (χ2v) is 4.56. The van der Waals surface area contributed by atoms with Gasteiger partial charge in [0.05, 0.1) is 0 Å². The summed E-state index contributed by atoms with van der Waals surface area (Å²) in [5.74, 6) is -1.22. The number of cyclic esters (lactones) is 1. The summed E-state index contributed by atoms with van der Waals surface area (Å²) in [5.41, 5.74) is -1.16. The molecule has 0 fully saturated rings. The summed E-state index contributed by atoms with van der Waals surface area (Å²) in [4.78, 5) is 23.0. The Balaban J connectivity index is 2.12. The highest BCUT2D eigenvalue weighted by molar-refractivity contribution is 6.31. The Bertz CT molecular complexity index is 598. The molecule has 0 saturated heterocycles. The smallest absolute Gasteiger partial charge is 0.331 e. The van der Waals surface area contributed by atoms with Crippen LogP contribution in [0, 0.1) is 0 Å². The highest BCUT2D eigenvalue weighted by atomic mass is 35.5. The molecule has 0 unspecified atom stereocenters. The second-order valence-electron chi connectivity index (χ2n) is 4.13. The maximum Gasteiger partial charge on any atom is 0.331 e. The number of nitrogens with one attached hydrogen (secondary N) is 1. The Hall–Kier alpha value is -1.85. The average molecular weight is 266 g/mol. The van der Waals surface area contributed by atoms with Gasteiger partial charge in [-0.1, -0.05) is 11.6 Å². The fraction of sp³-hybridized carbons (Fsp3) is 0.167. The molecule has 0 saturated carbocycles. The van der Waals surface area contributed by atoms with Gasteiger partial charge in [0.1, 0.15) is 0 Å². The Kier molecular flexibility index (Phi) is 2.23. The number of hydrogen-bond acceptors (Lipinski definition) is 4. The van der Waals surface area contributed by atoms with Crippen LogP contribution >= 0.6 is 11.6 Å². The summed E-state index contributed by atoms with van der Waals surface area (Å²) in [5, 5.41) is 13.5. The first-order valence-corrected chi connectivity index (χ1v) is 5.62. The zero-order valence-corrected chi connectivity index (χ0v) is 9.77. The number of amides is 1. The third-order valence-electron chi connectivity index (χ3n) is 3.05. The molecule has 1 amide bonds. The number of ether oxygens (including phenoxy) is 1. The fourth-order valence-electron chi connectivity index (χ4n) is 2.16. The molecule has 1 aromatic carbocycles. The number of fused-ring (bicyclic) bond motifs is 1. The van der Waals surface area contributed by atoms with Crippen LogP contribution in [0.3, 0.4) is 0 Å². The number of esters is 1. The SMILES string of the molecule is O=C1C=C[C@@H]([C@]2(O)C(=O)Nc3ccc(Cl)cc32)O1. The Morgan fingerprint density at radius 1 is 1.39 bits per heavy atom. The zero-order chi connectivity index (χ0) is 12.9. The van der Waals surface area contributed by atoms with E-state index in [4.69, 9.17) is 16.3 Å². The molecule has 2 aliphatic heterocycles. The first-order valence-electron chi connectivity index (χ1n) is 5.24. The lowest BCUT2D eigenvalue weighted by Crippen LogP contribution is -2.45. The van der Waals surface area contributed by atoms with Crippen LogP contribution in [0.25, 0.3) is 0 Å². The van der Waals surface area contributed by atoms with Crippen molar-refractivity contribution in [3.63, 3.8) is 0 Å². The van der Waals surface area contributed by atoms with Crippen molar-refractivity contribution in [3.05, 3.63) is 40.9 Å². The van der Waals surface area contributed by atoms with E-state index >= 15 is 0 Å². The maximum atomic E-state index is 11.9. The highest BCUT2D eigenvalue weighted by Gasteiger charge is 2.53. The van der Waals surface area contributed by atoms with Gasteiger partial charge in [0.25, 0.3) is 5.91 Å². The molecule has 5 nitrogen and oxygen atoms in total. The van der Waals surface area contributed by atoms with Gasteiger partial charge in [-0.25, -0.2) is 4.79 Å². The molecular formula is C12H8ClNO4. The fourth-order valence-corrected chi connectivity index (χ4v) is 2.33. The molecule has 0 aromatic heterocycles. The molecule has 0 radical (unpaired) electrons. The number of anilines is 1. The van der Waals surface area contributed by atoms with Crippen LogP contribution in [-0.2, 0) is 19.9 Å². The molecule has 2 N–H and O–H groups in total. The summed E-state index contributed by atoms with van der Waals surface area (Å²) < 4.78 is 4.91. The van der Waals surface area contributed by atoms with Crippen molar-refractivity contribution in [1.82, 2.24) is 0 Å². The third-order valence-corrected chi connectivity index (χ3v) is 3.28. The van der Waals surface area contributed by atoms with Gasteiger partial charge in [0.2, 0.25) is 5.60 Å². The quantitative estimate of drug-likeness (QED) is 0.742. The van der Waals surface area contributed by atoms with Gasteiger partial charge in [-0.15, -0.1) is 0 Å². The van der Waals surface area contributed by atoms with E-state index in [9.17, 15) is 14.7 Å². The lowest BCUT2D eigenvalue weighted by atomic mass is 9.89. The first-order chi connectivity index (χ1) is 8.51. The summed E-state index contributed by atoms with van der Waals surface area (Å²) in [6, 6.07) is 4.67. The minimum absolute atomic E-state index is 0.310. The molecule has 2 atom stereocenters. The standard InChI is InChI=1S/C12H8ClNO4/c13-6-1-2-8-7(5-6)12(17,11(16)14-8)9-3-4-10(15)18-9/h1-5,9,17H,(H,14,16)/t9-,12-/m0/s1. The highest BCUT2D eigenvalue weighted by Crippen LogP contribution is 2.42. The second kappa shape index (κ2) is 3.57. The van der Waals surface area contributed by atoms with E-state index in [2.05, 4.69) is 5.32 Å². The van der Waals surface area contributed by atoms with Crippen LogP contribution in [0.15, 0.2) is 30.4 Å². The van der Waals surface area contributed by atoms with Gasteiger partial charge in [-0.3, -0.25) is 4.79 Å². The van der Waals surface area contributed by atoms with Gasteiger partial charge in [-0.05, 0) is 24.3 Å². The molecule has 92 valence electrons. The predicted octanol–water partition coefficient (Wildman–Crippen LogP) is 0.961. The molecule has 18 heavy (non-hydrogen) atoms. The van der Waals surface area contributed by atoms with E-state index in [1.807, 2.05) is 0 Å². The van der Waals surface area contributed by atoms with E-state index in [0.717, 1.165) is 0 Å². The zero-order valence-electron chi connectivity index (χ0n) is 9.01. The summed E-state index contributed by atoms with van der Waals surface area (Å²) in [6.07, 6.45) is 1.50. The molecule has 0 bridgehead atoms. The molecule has 0 aliphatic carbocycles. The van der Waals surface area contributed by atoms with Crippen molar-refractivity contribution < 1.29 is 19.4 Å². The van der Waals surface area contributed by atoms with Crippen LogP contribution in [0.4, 0.5) is 5.69 Å². The van der Waals surface area contributed by atoms with Crippen molar-refractivity contribution in [2.24, 2.45) is 0 Å². The first kappa shape index (κ1) is 11.3. The topological polar surface area (TPSA) is 75.6 Å². The third kappa shape index (κ3) is 1.38.